The third-order valence-electron chi connectivity index (χ3n) is 3.34. The molecule has 0 saturated carbocycles. The maximum atomic E-state index is 7.52. The highest BCUT2D eigenvalue weighted by molar-refractivity contribution is 7.97. The lowest BCUT2D eigenvalue weighted by Gasteiger charge is -2.10. The number of nitrogens with two attached hydrogens (primary N) is 1. The van der Waals surface area contributed by atoms with Crippen LogP contribution in [0.3, 0.4) is 0 Å². The lowest BCUT2D eigenvalue weighted by molar-refractivity contribution is 0.413. The monoisotopic (exact) mass is 300 g/mol. The minimum atomic E-state index is 0.0333. The molecule has 0 spiro atoms. The molecule has 0 unspecified atom stereocenters. The summed E-state index contributed by atoms with van der Waals surface area (Å²) < 4.78 is 5.30. The summed E-state index contributed by atoms with van der Waals surface area (Å²) in [4.78, 5) is 0. The van der Waals surface area contributed by atoms with E-state index in [1.807, 2.05) is 30.0 Å². The summed E-state index contributed by atoms with van der Waals surface area (Å²) in [5, 5.41) is 7.52. The van der Waals surface area contributed by atoms with Crippen molar-refractivity contribution in [2.75, 3.05) is 7.11 Å². The molecule has 0 fully saturated rings. The van der Waals surface area contributed by atoms with E-state index in [4.69, 9.17) is 15.9 Å². The van der Waals surface area contributed by atoms with Gasteiger partial charge in [-0.1, -0.05) is 30.3 Å². The van der Waals surface area contributed by atoms with E-state index < -0.39 is 0 Å². The Kier molecular flexibility index (Phi) is 5.28. The quantitative estimate of drug-likeness (QED) is 0.631. The van der Waals surface area contributed by atoms with Crippen molar-refractivity contribution in [3.63, 3.8) is 0 Å². The largest absolute Gasteiger partial charge is 0.496 e. The lowest BCUT2D eigenvalue weighted by Crippen LogP contribution is -2.12. The van der Waals surface area contributed by atoms with Gasteiger partial charge in [-0.2, -0.15) is 11.8 Å². The summed E-state index contributed by atoms with van der Waals surface area (Å²) in [6.07, 6.45) is 0. The van der Waals surface area contributed by atoms with Crippen molar-refractivity contribution < 1.29 is 4.74 Å². The van der Waals surface area contributed by atoms with E-state index in [0.29, 0.717) is 11.3 Å². The molecule has 0 aliphatic rings. The summed E-state index contributed by atoms with van der Waals surface area (Å²) >= 11 is 1.87. The minimum Gasteiger partial charge on any atom is -0.496 e. The van der Waals surface area contributed by atoms with Gasteiger partial charge in [0.15, 0.2) is 0 Å². The molecule has 0 aliphatic carbocycles. The molecule has 0 saturated heterocycles. The van der Waals surface area contributed by atoms with Gasteiger partial charge in [0, 0.05) is 11.5 Å². The molecule has 0 atom stereocenters. The molecule has 2 aromatic carbocycles. The van der Waals surface area contributed by atoms with Crippen LogP contribution in [0.5, 0.6) is 5.75 Å². The first kappa shape index (κ1) is 15.4. The van der Waals surface area contributed by atoms with Crippen LogP contribution < -0.4 is 10.5 Å². The van der Waals surface area contributed by atoms with Gasteiger partial charge in [-0.3, -0.25) is 5.41 Å². The number of nitrogen functional groups attached to an aromatic ring is 1. The SMILES string of the molecule is COc1cc(CSCc2ccccc2C)ccc1C(=N)N. The molecule has 3 nitrogen and oxygen atoms in total. The molecule has 0 bridgehead atoms. The van der Waals surface area contributed by atoms with Gasteiger partial charge in [-0.25, -0.2) is 0 Å². The van der Waals surface area contributed by atoms with Crippen LogP contribution >= 0.6 is 11.8 Å². The van der Waals surface area contributed by atoms with Crippen LogP contribution in [0.2, 0.25) is 0 Å². The second-order valence-corrected chi connectivity index (χ2v) is 5.85. The number of nitrogens with one attached hydrogen (secondary N) is 1. The van der Waals surface area contributed by atoms with Crippen molar-refractivity contribution in [3.8, 4) is 5.75 Å². The van der Waals surface area contributed by atoms with E-state index in [-0.39, 0.29) is 5.84 Å². The van der Waals surface area contributed by atoms with Crippen molar-refractivity contribution in [3.05, 3.63) is 64.7 Å². The van der Waals surface area contributed by atoms with Gasteiger partial charge in [0.05, 0.1) is 12.7 Å². The summed E-state index contributed by atoms with van der Waals surface area (Å²) in [5.41, 5.74) is 10.0. The van der Waals surface area contributed by atoms with Crippen molar-refractivity contribution in [1.82, 2.24) is 0 Å². The average Bonchev–Trinajstić information content (AvgIpc) is 2.48. The molecule has 3 N–H and O–H groups in total. The number of amidine groups is 1. The first-order valence-electron chi connectivity index (χ1n) is 6.75. The summed E-state index contributed by atoms with van der Waals surface area (Å²) in [6.45, 7) is 2.14. The van der Waals surface area contributed by atoms with E-state index >= 15 is 0 Å². The zero-order valence-electron chi connectivity index (χ0n) is 12.3. The molecule has 21 heavy (non-hydrogen) atoms. The van der Waals surface area contributed by atoms with E-state index in [9.17, 15) is 0 Å². The van der Waals surface area contributed by atoms with Gasteiger partial charge in [0.2, 0.25) is 0 Å². The molecule has 0 heterocycles. The molecular formula is C17H20N2OS. The van der Waals surface area contributed by atoms with E-state index in [1.165, 1.54) is 16.7 Å². The van der Waals surface area contributed by atoms with Crippen molar-refractivity contribution in [2.24, 2.45) is 5.73 Å². The number of thioether (sulfide) groups is 1. The summed E-state index contributed by atoms with van der Waals surface area (Å²) in [7, 11) is 1.60. The summed E-state index contributed by atoms with van der Waals surface area (Å²) in [6, 6.07) is 14.3. The number of rotatable bonds is 6. The number of ether oxygens (including phenoxy) is 1. The Balaban J connectivity index is 2.01. The maximum absolute atomic E-state index is 7.52. The minimum absolute atomic E-state index is 0.0333. The number of benzene rings is 2. The molecular weight excluding hydrogens is 280 g/mol. The highest BCUT2D eigenvalue weighted by atomic mass is 32.2. The molecule has 0 aliphatic heterocycles. The Hall–Kier alpha value is -1.94. The van der Waals surface area contributed by atoms with Crippen LogP contribution in [-0.2, 0) is 11.5 Å². The fraction of sp³-hybridized carbons (Fsp3) is 0.235. The van der Waals surface area contributed by atoms with Crippen molar-refractivity contribution in [2.45, 2.75) is 18.4 Å². The Morgan fingerprint density at radius 1 is 1.19 bits per heavy atom. The third-order valence-corrected chi connectivity index (χ3v) is 4.40. The van der Waals surface area contributed by atoms with Crippen LogP contribution in [0.25, 0.3) is 0 Å². The fourth-order valence-corrected chi connectivity index (χ4v) is 3.16. The Labute approximate surface area is 130 Å². The molecule has 2 aromatic rings. The number of aryl methyl sites for hydroxylation is 1. The number of methoxy groups -OCH3 is 1. The van der Waals surface area contributed by atoms with Crippen LogP contribution in [0.4, 0.5) is 0 Å². The van der Waals surface area contributed by atoms with Gasteiger partial charge in [0.1, 0.15) is 11.6 Å². The first-order valence-corrected chi connectivity index (χ1v) is 7.91. The van der Waals surface area contributed by atoms with E-state index in [1.54, 1.807) is 7.11 Å². The number of hydrogen-bond donors (Lipinski definition) is 2. The topological polar surface area (TPSA) is 59.1 Å². The van der Waals surface area contributed by atoms with Gasteiger partial charge < -0.3 is 10.5 Å². The zero-order valence-corrected chi connectivity index (χ0v) is 13.2. The van der Waals surface area contributed by atoms with Crippen LogP contribution in [0.15, 0.2) is 42.5 Å². The Bertz CT molecular complexity index is 640. The predicted octanol–water partition coefficient (Wildman–Crippen LogP) is 3.72. The Morgan fingerprint density at radius 2 is 1.95 bits per heavy atom. The molecule has 0 radical (unpaired) electrons. The molecule has 2 rings (SSSR count). The standard InChI is InChI=1S/C17H20N2OS/c1-12-5-3-4-6-14(12)11-21-10-13-7-8-15(17(18)19)16(9-13)20-2/h3-9H,10-11H2,1-2H3,(H3,18,19). The second-order valence-electron chi connectivity index (χ2n) is 4.87. The van der Waals surface area contributed by atoms with E-state index in [0.717, 1.165) is 11.5 Å². The fourth-order valence-electron chi connectivity index (χ4n) is 2.10. The van der Waals surface area contributed by atoms with Crippen LogP contribution in [0, 0.1) is 12.3 Å². The van der Waals surface area contributed by atoms with Crippen LogP contribution in [0.1, 0.15) is 22.3 Å². The Morgan fingerprint density at radius 3 is 2.62 bits per heavy atom. The van der Waals surface area contributed by atoms with Gasteiger partial charge in [-0.15, -0.1) is 0 Å². The van der Waals surface area contributed by atoms with Crippen molar-refractivity contribution in [1.29, 1.82) is 5.41 Å². The van der Waals surface area contributed by atoms with Crippen molar-refractivity contribution >= 4 is 17.6 Å². The first-order chi connectivity index (χ1) is 10.1. The number of hydrogen-bond acceptors (Lipinski definition) is 3. The summed E-state index contributed by atoms with van der Waals surface area (Å²) in [5.74, 6) is 2.59. The lowest BCUT2D eigenvalue weighted by atomic mass is 10.1. The zero-order chi connectivity index (χ0) is 15.2. The van der Waals surface area contributed by atoms with E-state index in [2.05, 4.69) is 31.2 Å². The third kappa shape index (κ3) is 4.02. The molecule has 0 amide bonds. The molecule has 0 aromatic heterocycles. The smallest absolute Gasteiger partial charge is 0.130 e. The highest BCUT2D eigenvalue weighted by Crippen LogP contribution is 2.24. The van der Waals surface area contributed by atoms with Gasteiger partial charge in [-0.05, 0) is 35.7 Å². The second kappa shape index (κ2) is 7.18. The molecule has 110 valence electrons. The van der Waals surface area contributed by atoms with Gasteiger partial charge >= 0.3 is 0 Å². The molecule has 4 heteroatoms. The average molecular weight is 300 g/mol. The maximum Gasteiger partial charge on any atom is 0.130 e. The normalized spacial score (nSPS) is 10.4. The predicted molar refractivity (Wildman–Crippen MR) is 90.2 cm³/mol. The van der Waals surface area contributed by atoms with Gasteiger partial charge in [0.25, 0.3) is 0 Å². The van der Waals surface area contributed by atoms with Crippen LogP contribution in [-0.4, -0.2) is 12.9 Å². The highest BCUT2D eigenvalue weighted by Gasteiger charge is 2.07.